The number of halogens is 1. The Hall–Kier alpha value is -4.18. The molecule has 3 atom stereocenters. The number of fused-ring (bicyclic) bond motifs is 2. The number of ether oxygens (including phenoxy) is 3. The number of aromatic nitrogens is 4. The zero-order valence-electron chi connectivity index (χ0n) is 28.7. The van der Waals surface area contributed by atoms with Crippen molar-refractivity contribution >= 4 is 39.5 Å². The number of hydrogen-bond donors (Lipinski definition) is 2. The smallest absolute Gasteiger partial charge is 0.412 e. The molecular formula is C36H43ClN8O4. The SMILES string of the molecule is Cc1ccc2[nH]ncc2c1-c1ccc2c(C3(CC#N)CNCC(Cl)N3C(=O)OC(C)(C)C)nc(OC[C@@H]3CCCN3C)nc2c1OC1CC1. The molecule has 0 radical (unpaired) electrons. The molecule has 7 rings (SSSR count). The number of likely N-dealkylation sites (tertiary alicyclic amines) is 1. The van der Waals surface area contributed by atoms with Crippen LogP contribution in [0.2, 0.25) is 0 Å². The summed E-state index contributed by atoms with van der Waals surface area (Å²) in [6.07, 6.45) is 5.11. The topological polar surface area (TPSA) is 142 Å². The van der Waals surface area contributed by atoms with Crippen molar-refractivity contribution in [2.24, 2.45) is 0 Å². The van der Waals surface area contributed by atoms with Crippen molar-refractivity contribution in [3.8, 4) is 29.0 Å². The highest BCUT2D eigenvalue weighted by atomic mass is 35.5. The van der Waals surface area contributed by atoms with Crippen molar-refractivity contribution in [3.05, 3.63) is 41.7 Å². The fourth-order valence-corrected chi connectivity index (χ4v) is 7.46. The van der Waals surface area contributed by atoms with E-state index in [2.05, 4.69) is 46.5 Å². The monoisotopic (exact) mass is 686 g/mol. The van der Waals surface area contributed by atoms with E-state index in [4.69, 9.17) is 35.8 Å². The zero-order chi connectivity index (χ0) is 34.5. The minimum atomic E-state index is -1.32. The van der Waals surface area contributed by atoms with Gasteiger partial charge in [0.2, 0.25) is 0 Å². The highest BCUT2D eigenvalue weighted by Crippen LogP contribution is 2.47. The normalized spacial score (nSPS) is 23.2. The van der Waals surface area contributed by atoms with Crippen molar-refractivity contribution < 1.29 is 19.0 Å². The van der Waals surface area contributed by atoms with E-state index in [1.54, 1.807) is 20.8 Å². The number of rotatable bonds is 8. The third kappa shape index (κ3) is 6.35. The van der Waals surface area contributed by atoms with E-state index in [1.165, 1.54) is 4.90 Å². The summed E-state index contributed by atoms with van der Waals surface area (Å²) in [5, 5.41) is 22.7. The van der Waals surface area contributed by atoms with Crippen LogP contribution in [0.25, 0.3) is 32.9 Å². The third-order valence-electron chi connectivity index (χ3n) is 9.66. The first-order chi connectivity index (χ1) is 23.5. The number of benzene rings is 2. The standard InChI is InChI=1S/C36H43ClN8O4/c1-21-8-13-27-26(17-40-43-27)29(21)24-11-12-25-30(31(24)48-23-9-10-23)41-33(47-19-22-7-6-16-44(22)5)42-32(25)36(14-15-38)20-39-18-28(37)45(36)34(46)49-35(2,3)4/h8,11-13,17,22-23,28,39H,6-7,9-10,14,16,18-20H2,1-5H3,(H,40,43)/t22-,28?,36?/m0/s1. The van der Waals surface area contributed by atoms with Crippen LogP contribution in [0.15, 0.2) is 30.5 Å². The van der Waals surface area contributed by atoms with Crippen LogP contribution in [0.5, 0.6) is 11.8 Å². The number of amides is 1. The summed E-state index contributed by atoms with van der Waals surface area (Å²) < 4.78 is 19.1. The van der Waals surface area contributed by atoms with E-state index >= 15 is 0 Å². The Labute approximate surface area is 291 Å². The molecule has 3 aliphatic rings. The Bertz CT molecular complexity index is 1930. The number of piperazine rings is 1. The van der Waals surface area contributed by atoms with Crippen LogP contribution in [-0.4, -0.2) is 92.6 Å². The first-order valence-electron chi connectivity index (χ1n) is 17.0. The lowest BCUT2D eigenvalue weighted by molar-refractivity contribution is -0.0194. The fourth-order valence-electron chi connectivity index (χ4n) is 7.09. The first kappa shape index (κ1) is 33.3. The highest BCUT2D eigenvalue weighted by molar-refractivity contribution is 6.21. The molecule has 0 spiro atoms. The van der Waals surface area contributed by atoms with Crippen LogP contribution in [-0.2, 0) is 10.3 Å². The van der Waals surface area contributed by atoms with Crippen molar-refractivity contribution in [3.63, 3.8) is 0 Å². The second-order valence-corrected chi connectivity index (χ2v) is 15.0. The van der Waals surface area contributed by atoms with Crippen molar-refractivity contribution in [1.29, 1.82) is 5.26 Å². The zero-order valence-corrected chi connectivity index (χ0v) is 29.4. The van der Waals surface area contributed by atoms with Gasteiger partial charge in [-0.25, -0.2) is 4.79 Å². The molecule has 2 aliphatic heterocycles. The van der Waals surface area contributed by atoms with Gasteiger partial charge >= 0.3 is 12.1 Å². The van der Waals surface area contributed by atoms with Crippen LogP contribution in [0.3, 0.4) is 0 Å². The lowest BCUT2D eigenvalue weighted by Gasteiger charge is -2.48. The maximum absolute atomic E-state index is 14.0. The van der Waals surface area contributed by atoms with E-state index in [1.807, 2.05) is 24.4 Å². The molecule has 2 saturated heterocycles. The molecule has 1 aliphatic carbocycles. The summed E-state index contributed by atoms with van der Waals surface area (Å²) in [4.78, 5) is 27.9. The molecule has 2 N–H and O–H groups in total. The van der Waals surface area contributed by atoms with Crippen LogP contribution in [0, 0.1) is 18.3 Å². The van der Waals surface area contributed by atoms with Crippen LogP contribution >= 0.6 is 11.6 Å². The Morgan fingerprint density at radius 2 is 1.98 bits per heavy atom. The molecule has 49 heavy (non-hydrogen) atoms. The Balaban J connectivity index is 1.48. The minimum Gasteiger partial charge on any atom is -0.487 e. The number of H-pyrrole nitrogens is 1. The minimum absolute atomic E-state index is 0.0398. The second kappa shape index (κ2) is 12.9. The Morgan fingerprint density at radius 3 is 2.69 bits per heavy atom. The van der Waals surface area contributed by atoms with Gasteiger partial charge in [0, 0.05) is 35.5 Å². The number of nitriles is 1. The van der Waals surface area contributed by atoms with E-state index in [0.717, 1.165) is 59.8 Å². The number of likely N-dealkylation sites (N-methyl/N-ethyl adjacent to an activating group) is 1. The van der Waals surface area contributed by atoms with E-state index in [9.17, 15) is 10.1 Å². The average Bonchev–Trinajstić information content (AvgIpc) is 3.57. The van der Waals surface area contributed by atoms with Gasteiger partial charge in [-0.15, -0.1) is 0 Å². The van der Waals surface area contributed by atoms with Gasteiger partial charge < -0.3 is 24.4 Å². The van der Waals surface area contributed by atoms with Gasteiger partial charge in [-0.2, -0.15) is 20.3 Å². The molecule has 2 unspecified atom stereocenters. The first-order valence-corrected chi connectivity index (χ1v) is 17.4. The molecule has 4 heterocycles. The largest absolute Gasteiger partial charge is 0.487 e. The molecule has 258 valence electrons. The number of hydrogen-bond acceptors (Lipinski definition) is 10. The molecule has 3 fully saturated rings. The van der Waals surface area contributed by atoms with Gasteiger partial charge in [0.1, 0.15) is 28.8 Å². The number of nitrogens with one attached hydrogen (secondary N) is 2. The van der Waals surface area contributed by atoms with Crippen LogP contribution in [0.1, 0.15) is 64.1 Å². The van der Waals surface area contributed by atoms with Crippen molar-refractivity contribution in [2.45, 2.75) is 88.6 Å². The van der Waals surface area contributed by atoms with Gasteiger partial charge in [0.05, 0.1) is 36.0 Å². The third-order valence-corrected chi connectivity index (χ3v) is 10.0. The fraction of sp³-hybridized carbons (Fsp3) is 0.528. The summed E-state index contributed by atoms with van der Waals surface area (Å²) in [7, 11) is 2.09. The molecule has 13 heteroatoms. The van der Waals surface area contributed by atoms with Gasteiger partial charge in [0.15, 0.2) is 5.75 Å². The summed E-state index contributed by atoms with van der Waals surface area (Å²) >= 11 is 6.95. The quantitative estimate of drug-likeness (QED) is 0.167. The predicted octanol–water partition coefficient (Wildman–Crippen LogP) is 6.01. The number of nitrogens with zero attached hydrogens (tertiary/aromatic N) is 6. The molecule has 4 aromatic rings. The molecular weight excluding hydrogens is 644 g/mol. The highest BCUT2D eigenvalue weighted by Gasteiger charge is 2.51. The number of carbonyl (C=O) groups excluding carboxylic acids is 1. The lowest BCUT2D eigenvalue weighted by Crippen LogP contribution is -2.64. The van der Waals surface area contributed by atoms with E-state index in [0.29, 0.717) is 35.5 Å². The van der Waals surface area contributed by atoms with E-state index in [-0.39, 0.29) is 31.1 Å². The Morgan fingerprint density at radius 1 is 1.16 bits per heavy atom. The summed E-state index contributed by atoms with van der Waals surface area (Å²) in [5.41, 5.74) is 1.89. The van der Waals surface area contributed by atoms with Crippen molar-refractivity contribution in [2.75, 3.05) is 33.3 Å². The summed E-state index contributed by atoms with van der Waals surface area (Å²) in [5.74, 6) is 0.602. The summed E-state index contributed by atoms with van der Waals surface area (Å²) in [6.45, 7) is 9.40. The average molecular weight is 687 g/mol. The van der Waals surface area contributed by atoms with Gasteiger partial charge in [-0.05, 0) is 96.3 Å². The number of alkyl halides is 1. The number of aromatic amines is 1. The van der Waals surface area contributed by atoms with E-state index < -0.39 is 22.7 Å². The maximum atomic E-state index is 14.0. The second-order valence-electron chi connectivity index (χ2n) is 14.5. The maximum Gasteiger partial charge on any atom is 0.412 e. The number of aryl methyl sites for hydroxylation is 1. The molecule has 1 saturated carbocycles. The number of carbonyl (C=O) groups is 1. The molecule has 12 nitrogen and oxygen atoms in total. The lowest BCUT2D eigenvalue weighted by atomic mass is 9.84. The van der Waals surface area contributed by atoms with Crippen LogP contribution < -0.4 is 14.8 Å². The molecule has 0 bridgehead atoms. The molecule has 1 amide bonds. The van der Waals surface area contributed by atoms with Gasteiger partial charge in [-0.3, -0.25) is 10.00 Å². The Kier molecular flexibility index (Phi) is 8.80. The van der Waals surface area contributed by atoms with Crippen LogP contribution in [0.4, 0.5) is 4.79 Å². The van der Waals surface area contributed by atoms with Gasteiger partial charge in [0.25, 0.3) is 0 Å². The predicted molar refractivity (Wildman–Crippen MR) is 187 cm³/mol. The summed E-state index contributed by atoms with van der Waals surface area (Å²) in [6, 6.07) is 10.8. The van der Waals surface area contributed by atoms with Crippen molar-refractivity contribution in [1.82, 2.24) is 35.3 Å². The van der Waals surface area contributed by atoms with Gasteiger partial charge in [-0.1, -0.05) is 17.7 Å². The molecule has 2 aromatic heterocycles. The molecule has 2 aromatic carbocycles.